The molecule has 1 aromatic rings. The Morgan fingerprint density at radius 1 is 1.21 bits per heavy atom. The quantitative estimate of drug-likeness (QED) is 0.859. The largest absolute Gasteiger partial charge is 0.489 e. The van der Waals surface area contributed by atoms with Gasteiger partial charge in [0.05, 0.1) is 0 Å². The lowest BCUT2D eigenvalue weighted by molar-refractivity contribution is 0.181. The number of hydrogen-bond donors (Lipinski definition) is 1. The molecule has 1 atom stereocenters. The van der Waals surface area contributed by atoms with Crippen molar-refractivity contribution in [1.82, 2.24) is 5.32 Å². The van der Waals surface area contributed by atoms with Crippen molar-refractivity contribution in [2.75, 3.05) is 6.54 Å². The lowest BCUT2D eigenvalue weighted by Gasteiger charge is -2.25. The van der Waals surface area contributed by atoms with Crippen molar-refractivity contribution in [3.05, 3.63) is 28.3 Å². The first kappa shape index (κ1) is 16.3. The Morgan fingerprint density at radius 3 is 2.16 bits per heavy atom. The van der Waals surface area contributed by atoms with E-state index < -0.39 is 0 Å². The molecule has 0 aliphatic carbocycles. The number of benzene rings is 1. The second-order valence-corrected chi connectivity index (χ2v) is 6.53. The predicted octanol–water partition coefficient (Wildman–Crippen LogP) is 4.50. The van der Waals surface area contributed by atoms with E-state index in [9.17, 15) is 0 Å². The number of nitrogens with one attached hydrogen (secondary N) is 1. The van der Waals surface area contributed by atoms with Crippen LogP contribution in [0.5, 0.6) is 5.75 Å². The summed E-state index contributed by atoms with van der Waals surface area (Å²) in [6.07, 6.45) is 1.16. The Balaban J connectivity index is 2.71. The summed E-state index contributed by atoms with van der Waals surface area (Å²) < 4.78 is 6.05. The van der Waals surface area contributed by atoms with Crippen LogP contribution in [0.3, 0.4) is 0 Å². The standard InChI is InChI=1S/C16H26ClNO/c1-7-13(10-18-16(4,5)6)19-14-8-11(2)15(17)12(3)9-14/h8-9,13,18H,7,10H2,1-6H3. The third kappa shape index (κ3) is 5.42. The summed E-state index contributed by atoms with van der Waals surface area (Å²) in [5.74, 6) is 0.905. The van der Waals surface area contributed by atoms with Gasteiger partial charge in [-0.15, -0.1) is 0 Å². The van der Waals surface area contributed by atoms with Crippen molar-refractivity contribution in [3.63, 3.8) is 0 Å². The first-order valence-corrected chi connectivity index (χ1v) is 7.29. The zero-order valence-electron chi connectivity index (χ0n) is 12.9. The Kier molecular flexibility index (Phi) is 5.69. The van der Waals surface area contributed by atoms with E-state index in [-0.39, 0.29) is 11.6 Å². The van der Waals surface area contributed by atoms with Gasteiger partial charge in [0.15, 0.2) is 0 Å². The molecule has 19 heavy (non-hydrogen) atoms. The summed E-state index contributed by atoms with van der Waals surface area (Å²) in [4.78, 5) is 0. The number of halogens is 1. The molecule has 1 N–H and O–H groups in total. The molecule has 108 valence electrons. The Hall–Kier alpha value is -0.730. The van der Waals surface area contributed by atoms with Crippen LogP contribution in [0.1, 0.15) is 45.2 Å². The molecular formula is C16H26ClNO. The molecule has 0 aliphatic heterocycles. The highest BCUT2D eigenvalue weighted by Gasteiger charge is 2.14. The molecule has 0 saturated heterocycles. The maximum Gasteiger partial charge on any atom is 0.120 e. The minimum atomic E-state index is 0.114. The third-order valence-electron chi connectivity index (χ3n) is 3.03. The van der Waals surface area contributed by atoms with Crippen molar-refractivity contribution < 1.29 is 4.74 Å². The van der Waals surface area contributed by atoms with Gasteiger partial charge in [0, 0.05) is 17.1 Å². The van der Waals surface area contributed by atoms with Crippen LogP contribution in [0, 0.1) is 13.8 Å². The smallest absolute Gasteiger partial charge is 0.120 e. The Labute approximate surface area is 122 Å². The van der Waals surface area contributed by atoms with E-state index in [1.54, 1.807) is 0 Å². The maximum atomic E-state index is 6.17. The normalized spacial score (nSPS) is 13.4. The Morgan fingerprint density at radius 2 is 1.74 bits per heavy atom. The molecule has 0 radical (unpaired) electrons. The maximum absolute atomic E-state index is 6.17. The van der Waals surface area contributed by atoms with E-state index in [1.165, 1.54) is 0 Å². The van der Waals surface area contributed by atoms with E-state index in [0.29, 0.717) is 0 Å². The second kappa shape index (κ2) is 6.62. The van der Waals surface area contributed by atoms with Crippen LogP contribution in [0.25, 0.3) is 0 Å². The fourth-order valence-electron chi connectivity index (χ4n) is 1.86. The topological polar surface area (TPSA) is 21.3 Å². The first-order valence-electron chi connectivity index (χ1n) is 6.91. The highest BCUT2D eigenvalue weighted by Crippen LogP contribution is 2.26. The summed E-state index contributed by atoms with van der Waals surface area (Å²) in [6.45, 7) is 13.5. The zero-order chi connectivity index (χ0) is 14.6. The van der Waals surface area contributed by atoms with Gasteiger partial charge in [-0.2, -0.15) is 0 Å². The van der Waals surface area contributed by atoms with Gasteiger partial charge in [-0.1, -0.05) is 18.5 Å². The van der Waals surface area contributed by atoms with E-state index in [0.717, 1.165) is 34.9 Å². The van der Waals surface area contributed by atoms with Gasteiger partial charge in [0.25, 0.3) is 0 Å². The summed E-state index contributed by atoms with van der Waals surface area (Å²) >= 11 is 6.17. The molecule has 0 heterocycles. The molecule has 2 nitrogen and oxygen atoms in total. The average molecular weight is 284 g/mol. The predicted molar refractivity (Wildman–Crippen MR) is 83.4 cm³/mol. The van der Waals surface area contributed by atoms with Crippen LogP contribution in [-0.2, 0) is 0 Å². The average Bonchev–Trinajstić information content (AvgIpc) is 2.30. The van der Waals surface area contributed by atoms with Crippen LogP contribution in [-0.4, -0.2) is 18.2 Å². The van der Waals surface area contributed by atoms with Gasteiger partial charge in [0.2, 0.25) is 0 Å². The monoisotopic (exact) mass is 283 g/mol. The summed E-state index contributed by atoms with van der Waals surface area (Å²) in [5.41, 5.74) is 2.24. The van der Waals surface area contributed by atoms with E-state index in [1.807, 2.05) is 26.0 Å². The third-order valence-corrected chi connectivity index (χ3v) is 3.62. The number of aryl methyl sites for hydroxylation is 2. The Bertz CT molecular complexity index is 400. The highest BCUT2D eigenvalue weighted by molar-refractivity contribution is 6.32. The lowest BCUT2D eigenvalue weighted by atomic mass is 10.1. The highest BCUT2D eigenvalue weighted by atomic mass is 35.5. The van der Waals surface area contributed by atoms with Crippen LogP contribution >= 0.6 is 11.6 Å². The molecule has 3 heteroatoms. The molecule has 0 saturated carbocycles. The van der Waals surface area contributed by atoms with Gasteiger partial charge in [-0.3, -0.25) is 0 Å². The van der Waals surface area contributed by atoms with Crippen molar-refractivity contribution in [1.29, 1.82) is 0 Å². The van der Waals surface area contributed by atoms with Gasteiger partial charge < -0.3 is 10.1 Å². The second-order valence-electron chi connectivity index (χ2n) is 6.15. The molecule has 1 rings (SSSR count). The number of rotatable bonds is 5. The SMILES string of the molecule is CCC(CNC(C)(C)C)Oc1cc(C)c(Cl)c(C)c1. The minimum Gasteiger partial charge on any atom is -0.489 e. The van der Waals surface area contributed by atoms with E-state index >= 15 is 0 Å². The van der Waals surface area contributed by atoms with Gasteiger partial charge in [-0.05, 0) is 64.3 Å². The molecule has 0 aliphatic rings. The van der Waals surface area contributed by atoms with Gasteiger partial charge in [0.1, 0.15) is 11.9 Å². The van der Waals surface area contributed by atoms with Crippen molar-refractivity contribution in [3.8, 4) is 5.75 Å². The zero-order valence-corrected chi connectivity index (χ0v) is 13.7. The fourth-order valence-corrected chi connectivity index (χ4v) is 1.97. The molecule has 0 amide bonds. The van der Waals surface area contributed by atoms with Crippen LogP contribution < -0.4 is 10.1 Å². The summed E-state index contributed by atoms with van der Waals surface area (Å²) in [6, 6.07) is 4.02. The number of ether oxygens (including phenoxy) is 1. The minimum absolute atomic E-state index is 0.114. The molecule has 0 bridgehead atoms. The van der Waals surface area contributed by atoms with Gasteiger partial charge in [-0.25, -0.2) is 0 Å². The lowest BCUT2D eigenvalue weighted by Crippen LogP contribution is -2.42. The molecule has 0 spiro atoms. The van der Waals surface area contributed by atoms with E-state index in [4.69, 9.17) is 16.3 Å². The fraction of sp³-hybridized carbons (Fsp3) is 0.625. The van der Waals surface area contributed by atoms with Crippen LogP contribution in [0.2, 0.25) is 5.02 Å². The number of hydrogen-bond acceptors (Lipinski definition) is 2. The van der Waals surface area contributed by atoms with Crippen LogP contribution in [0.4, 0.5) is 0 Å². The summed E-state index contributed by atoms with van der Waals surface area (Å²) in [7, 11) is 0. The molecule has 0 aromatic heterocycles. The first-order chi connectivity index (χ1) is 8.73. The molecular weight excluding hydrogens is 258 g/mol. The van der Waals surface area contributed by atoms with Crippen molar-refractivity contribution in [2.24, 2.45) is 0 Å². The summed E-state index contributed by atoms with van der Waals surface area (Å²) in [5, 5.41) is 4.31. The molecule has 1 aromatic carbocycles. The van der Waals surface area contributed by atoms with Gasteiger partial charge >= 0.3 is 0 Å². The molecule has 0 fully saturated rings. The van der Waals surface area contributed by atoms with Crippen molar-refractivity contribution >= 4 is 11.6 Å². The molecule has 1 unspecified atom stereocenters. The van der Waals surface area contributed by atoms with Crippen molar-refractivity contribution in [2.45, 2.75) is 59.6 Å². The van der Waals surface area contributed by atoms with E-state index in [2.05, 4.69) is 33.0 Å². The van der Waals surface area contributed by atoms with Crippen LogP contribution in [0.15, 0.2) is 12.1 Å².